The van der Waals surface area contributed by atoms with Crippen LogP contribution in [0.15, 0.2) is 66.2 Å². The molecule has 1 aliphatic carbocycles. The van der Waals surface area contributed by atoms with Crippen LogP contribution in [0.4, 0.5) is 0 Å². The Bertz CT molecular complexity index is 1080. The Morgan fingerprint density at radius 2 is 1.49 bits per heavy atom. The summed E-state index contributed by atoms with van der Waals surface area (Å²) in [6, 6.07) is 17.5. The van der Waals surface area contributed by atoms with Crippen molar-refractivity contribution < 1.29 is 38.1 Å². The predicted molar refractivity (Wildman–Crippen MR) is 145 cm³/mol. The highest BCUT2D eigenvalue weighted by atomic mass is 16.6. The predicted octanol–water partition coefficient (Wildman–Crippen LogP) is 4.69. The van der Waals surface area contributed by atoms with Crippen LogP contribution in [0.3, 0.4) is 0 Å². The highest BCUT2D eigenvalue weighted by Crippen LogP contribution is 2.34. The summed E-state index contributed by atoms with van der Waals surface area (Å²) in [5.41, 5.74) is 2.17. The van der Waals surface area contributed by atoms with Gasteiger partial charge < -0.3 is 23.7 Å². The molecule has 0 unspecified atom stereocenters. The first kappa shape index (κ1) is 30.1. The van der Waals surface area contributed by atoms with E-state index in [0.717, 1.165) is 16.9 Å². The van der Waals surface area contributed by atoms with E-state index >= 15 is 0 Å². The van der Waals surface area contributed by atoms with Crippen LogP contribution in [0.5, 0.6) is 5.75 Å². The summed E-state index contributed by atoms with van der Waals surface area (Å²) in [5, 5.41) is 0. The quantitative estimate of drug-likeness (QED) is 0.183. The number of esters is 2. The maximum absolute atomic E-state index is 13.2. The van der Waals surface area contributed by atoms with E-state index in [1.807, 2.05) is 54.6 Å². The third kappa shape index (κ3) is 9.04. The van der Waals surface area contributed by atoms with Crippen molar-refractivity contribution in [3.63, 3.8) is 0 Å². The first-order valence-corrected chi connectivity index (χ1v) is 13.4. The van der Waals surface area contributed by atoms with Crippen LogP contribution < -0.4 is 4.74 Å². The van der Waals surface area contributed by atoms with Gasteiger partial charge in [-0.3, -0.25) is 14.4 Å². The molecule has 0 saturated carbocycles. The number of hydrogen-bond donors (Lipinski definition) is 0. The third-order valence-corrected chi connectivity index (χ3v) is 6.61. The molecule has 0 radical (unpaired) electrons. The van der Waals surface area contributed by atoms with E-state index in [4.69, 9.17) is 23.7 Å². The molecule has 210 valence electrons. The summed E-state index contributed by atoms with van der Waals surface area (Å²) < 4.78 is 27.4. The largest absolute Gasteiger partial charge is 0.497 e. The summed E-state index contributed by atoms with van der Waals surface area (Å²) in [6.07, 6.45) is 2.50. The Kier molecular flexibility index (Phi) is 12.2. The lowest BCUT2D eigenvalue weighted by Gasteiger charge is -2.31. The van der Waals surface area contributed by atoms with E-state index < -0.39 is 17.9 Å². The monoisotopic (exact) mass is 538 g/mol. The number of rotatable bonds is 15. The maximum Gasteiger partial charge on any atom is 0.325 e. The van der Waals surface area contributed by atoms with Crippen molar-refractivity contribution in [2.75, 3.05) is 33.5 Å². The van der Waals surface area contributed by atoms with Gasteiger partial charge in [0.05, 0.1) is 40.1 Å². The minimum absolute atomic E-state index is 0.0714. The first-order chi connectivity index (χ1) is 19.0. The van der Waals surface area contributed by atoms with Gasteiger partial charge in [-0.15, -0.1) is 0 Å². The molecule has 2 aromatic rings. The molecule has 0 spiro atoms. The fourth-order valence-corrected chi connectivity index (χ4v) is 4.56. The second-order valence-corrected chi connectivity index (χ2v) is 9.30. The van der Waals surface area contributed by atoms with Gasteiger partial charge in [0, 0.05) is 24.5 Å². The average molecular weight is 539 g/mol. The summed E-state index contributed by atoms with van der Waals surface area (Å²) in [6.45, 7) is 5.11. The number of ether oxygens (including phenoxy) is 5. The number of methoxy groups -OCH3 is 1. The Hall–Kier alpha value is -3.49. The van der Waals surface area contributed by atoms with Gasteiger partial charge in [-0.05, 0) is 49.4 Å². The van der Waals surface area contributed by atoms with Gasteiger partial charge in [0.1, 0.15) is 5.75 Å². The lowest BCUT2D eigenvalue weighted by Crippen LogP contribution is -2.37. The van der Waals surface area contributed by atoms with Crippen LogP contribution >= 0.6 is 0 Å². The molecule has 2 aromatic carbocycles. The van der Waals surface area contributed by atoms with E-state index in [-0.39, 0.29) is 42.8 Å². The second-order valence-electron chi connectivity index (χ2n) is 9.30. The number of hydrogen-bond acceptors (Lipinski definition) is 8. The van der Waals surface area contributed by atoms with Crippen LogP contribution in [0.2, 0.25) is 0 Å². The fraction of sp³-hybridized carbons (Fsp3) is 0.452. The third-order valence-electron chi connectivity index (χ3n) is 6.61. The van der Waals surface area contributed by atoms with Gasteiger partial charge in [-0.25, -0.2) is 0 Å². The Morgan fingerprint density at radius 1 is 0.872 bits per heavy atom. The summed E-state index contributed by atoms with van der Waals surface area (Å²) in [7, 11) is 1.62. The minimum atomic E-state index is -1.40. The molecule has 1 aliphatic rings. The van der Waals surface area contributed by atoms with Crippen LogP contribution in [-0.4, -0.2) is 51.3 Å². The number of Topliss-reactive ketones (excluding diaryl/α,β-unsaturated/α-hetero) is 1. The fourth-order valence-electron chi connectivity index (χ4n) is 4.56. The molecule has 0 fully saturated rings. The van der Waals surface area contributed by atoms with Crippen molar-refractivity contribution in [3.05, 3.63) is 77.4 Å². The molecule has 0 bridgehead atoms. The summed E-state index contributed by atoms with van der Waals surface area (Å²) in [5.74, 6) is -2.71. The number of benzene rings is 2. The molecular formula is C31H38O8. The lowest BCUT2D eigenvalue weighted by molar-refractivity contribution is -0.160. The SMILES string of the molecule is CCOC(=O)C(C(=O)OCC)C1=C[C@H](COCc2ccccc2)[C@@H](CCOCc2ccc(OC)cc2)CC1=O. The van der Waals surface area contributed by atoms with Crippen molar-refractivity contribution in [3.8, 4) is 5.75 Å². The van der Waals surface area contributed by atoms with Crippen molar-refractivity contribution in [1.29, 1.82) is 0 Å². The molecule has 8 nitrogen and oxygen atoms in total. The molecule has 0 saturated heterocycles. The maximum atomic E-state index is 13.2. The van der Waals surface area contributed by atoms with Crippen LogP contribution in [0.25, 0.3) is 0 Å². The molecule has 0 heterocycles. The zero-order chi connectivity index (χ0) is 28.0. The minimum Gasteiger partial charge on any atom is -0.497 e. The van der Waals surface area contributed by atoms with E-state index in [2.05, 4.69) is 0 Å². The number of ketones is 1. The smallest absolute Gasteiger partial charge is 0.325 e. The van der Waals surface area contributed by atoms with Gasteiger partial charge in [0.25, 0.3) is 0 Å². The van der Waals surface area contributed by atoms with Crippen molar-refractivity contribution in [1.82, 2.24) is 0 Å². The van der Waals surface area contributed by atoms with Gasteiger partial charge in [-0.1, -0.05) is 48.5 Å². The van der Waals surface area contributed by atoms with E-state index in [1.165, 1.54) is 0 Å². The van der Waals surface area contributed by atoms with Crippen LogP contribution in [-0.2, 0) is 46.5 Å². The average Bonchev–Trinajstić information content (AvgIpc) is 2.94. The molecule has 2 atom stereocenters. The highest BCUT2D eigenvalue weighted by molar-refractivity contribution is 6.10. The van der Waals surface area contributed by atoms with Crippen molar-refractivity contribution >= 4 is 17.7 Å². The molecule has 8 heteroatoms. The summed E-state index contributed by atoms with van der Waals surface area (Å²) in [4.78, 5) is 38.6. The molecule has 39 heavy (non-hydrogen) atoms. The van der Waals surface area contributed by atoms with E-state index in [0.29, 0.717) is 32.8 Å². The molecule has 0 aromatic heterocycles. The Labute approximate surface area is 230 Å². The number of carbonyl (C=O) groups is 3. The molecule has 0 aliphatic heterocycles. The second kappa shape index (κ2) is 15.8. The zero-order valence-electron chi connectivity index (χ0n) is 22.9. The molecule has 0 N–H and O–H groups in total. The molecule has 0 amide bonds. The Morgan fingerprint density at radius 3 is 2.10 bits per heavy atom. The van der Waals surface area contributed by atoms with Crippen LogP contribution in [0, 0.1) is 17.8 Å². The van der Waals surface area contributed by atoms with Gasteiger partial charge in [-0.2, -0.15) is 0 Å². The topological polar surface area (TPSA) is 97.4 Å². The zero-order valence-corrected chi connectivity index (χ0v) is 22.9. The van der Waals surface area contributed by atoms with Crippen molar-refractivity contribution in [2.45, 2.75) is 39.9 Å². The van der Waals surface area contributed by atoms with Crippen molar-refractivity contribution in [2.24, 2.45) is 17.8 Å². The highest BCUT2D eigenvalue weighted by Gasteiger charge is 2.41. The van der Waals surface area contributed by atoms with E-state index in [1.54, 1.807) is 27.0 Å². The summed E-state index contributed by atoms with van der Waals surface area (Å²) >= 11 is 0. The molecular weight excluding hydrogens is 500 g/mol. The van der Waals surface area contributed by atoms with Gasteiger partial charge in [0.15, 0.2) is 11.7 Å². The molecule has 3 rings (SSSR count). The van der Waals surface area contributed by atoms with Gasteiger partial charge >= 0.3 is 11.9 Å². The Balaban J connectivity index is 1.72. The van der Waals surface area contributed by atoms with Gasteiger partial charge in [0.2, 0.25) is 0 Å². The standard InChI is InChI=1S/C31H38O8/c1-4-38-30(33)29(31(34)39-5-2)27-17-25(21-37-20-22-9-7-6-8-10-22)24(18-28(27)32)15-16-36-19-23-11-13-26(35-3)14-12-23/h6-14,17,24-25,29H,4-5,15-16,18-21H2,1-3H3/t24-,25+/m0/s1. The first-order valence-electron chi connectivity index (χ1n) is 13.4. The number of carbonyl (C=O) groups excluding carboxylic acids is 3. The van der Waals surface area contributed by atoms with E-state index in [9.17, 15) is 14.4 Å². The lowest BCUT2D eigenvalue weighted by atomic mass is 9.75. The normalized spacial score (nSPS) is 17.0. The van der Waals surface area contributed by atoms with Crippen LogP contribution in [0.1, 0.15) is 37.8 Å².